The van der Waals surface area contributed by atoms with Crippen molar-refractivity contribution in [2.45, 2.75) is 37.8 Å². The fraction of sp³-hybridized carbons (Fsp3) is 0.579. The van der Waals surface area contributed by atoms with E-state index in [2.05, 4.69) is 10.3 Å². The van der Waals surface area contributed by atoms with Crippen LogP contribution in [0.3, 0.4) is 0 Å². The molecule has 3 fully saturated rings. The van der Waals surface area contributed by atoms with E-state index in [4.69, 9.17) is 10.6 Å². The van der Waals surface area contributed by atoms with Gasteiger partial charge in [-0.1, -0.05) is 13.3 Å². The van der Waals surface area contributed by atoms with E-state index in [1.165, 1.54) is 0 Å². The molecule has 144 valence electrons. The summed E-state index contributed by atoms with van der Waals surface area (Å²) in [4.78, 5) is 47.8. The Morgan fingerprint density at radius 3 is 2.81 bits per heavy atom. The molecular formula is C19H24N4O4. The van der Waals surface area contributed by atoms with Crippen molar-refractivity contribution in [3.05, 3.63) is 30.1 Å². The van der Waals surface area contributed by atoms with Crippen LogP contribution >= 0.6 is 0 Å². The molecule has 3 aliphatic rings. The van der Waals surface area contributed by atoms with Gasteiger partial charge in [-0.25, -0.2) is 4.79 Å². The maximum absolute atomic E-state index is 13.2. The van der Waals surface area contributed by atoms with Gasteiger partial charge in [0.1, 0.15) is 5.54 Å². The van der Waals surface area contributed by atoms with Crippen molar-refractivity contribution < 1.29 is 19.2 Å². The summed E-state index contributed by atoms with van der Waals surface area (Å²) in [6, 6.07) is 3.54. The molecule has 0 amide bonds. The van der Waals surface area contributed by atoms with E-state index >= 15 is 0 Å². The van der Waals surface area contributed by atoms with E-state index in [-0.39, 0.29) is 18.4 Å². The molecule has 1 saturated heterocycles. The molecule has 8 nitrogen and oxygen atoms in total. The quantitative estimate of drug-likeness (QED) is 0.569. The highest BCUT2D eigenvalue weighted by molar-refractivity contribution is 6.55. The van der Waals surface area contributed by atoms with Crippen molar-refractivity contribution in [3.63, 3.8) is 0 Å². The van der Waals surface area contributed by atoms with E-state index in [9.17, 15) is 14.4 Å². The number of pyridine rings is 1. The highest BCUT2D eigenvalue weighted by Crippen LogP contribution is 2.55. The second kappa shape index (κ2) is 6.47. The lowest BCUT2D eigenvalue weighted by molar-refractivity contribution is -0.229. The summed E-state index contributed by atoms with van der Waals surface area (Å²) < 4.78 is 0. The molecule has 2 heterocycles. The Labute approximate surface area is 157 Å². The predicted octanol–water partition coefficient (Wildman–Crippen LogP) is 0.142. The number of hydroxylamine groups is 2. The van der Waals surface area contributed by atoms with Gasteiger partial charge in [0.05, 0.1) is 6.04 Å². The van der Waals surface area contributed by atoms with Crippen LogP contribution in [0.25, 0.3) is 0 Å². The number of carbonyl (C=O) groups is 3. The zero-order valence-corrected chi connectivity index (χ0v) is 15.3. The van der Waals surface area contributed by atoms with Crippen LogP contribution in [0.1, 0.15) is 37.8 Å². The lowest BCUT2D eigenvalue weighted by atomic mass is 9.44. The van der Waals surface area contributed by atoms with Crippen molar-refractivity contribution in [1.82, 2.24) is 15.4 Å². The fourth-order valence-electron chi connectivity index (χ4n) is 4.78. The van der Waals surface area contributed by atoms with E-state index < -0.39 is 28.5 Å². The Balaban J connectivity index is 1.61. The molecule has 1 aromatic heterocycles. The largest absolute Gasteiger partial charge is 0.366 e. The molecule has 0 radical (unpaired) electrons. The summed E-state index contributed by atoms with van der Waals surface area (Å²) in [6.45, 7) is 3.56. The number of aromatic nitrogens is 1. The molecule has 0 bridgehead atoms. The van der Waals surface area contributed by atoms with Gasteiger partial charge >= 0.3 is 5.97 Å². The first-order chi connectivity index (χ1) is 12.9. The fourth-order valence-corrected chi connectivity index (χ4v) is 4.78. The van der Waals surface area contributed by atoms with Crippen molar-refractivity contribution in [2.75, 3.05) is 19.6 Å². The van der Waals surface area contributed by atoms with E-state index in [1.807, 2.05) is 19.1 Å². The van der Waals surface area contributed by atoms with Crippen LogP contribution in [0.15, 0.2) is 24.5 Å². The second-order valence-electron chi connectivity index (χ2n) is 7.75. The van der Waals surface area contributed by atoms with Crippen LogP contribution in [0.4, 0.5) is 0 Å². The lowest BCUT2D eigenvalue weighted by Crippen LogP contribution is -2.83. The van der Waals surface area contributed by atoms with Gasteiger partial charge in [-0.2, -0.15) is 0 Å². The van der Waals surface area contributed by atoms with Crippen LogP contribution in [-0.2, 0) is 19.2 Å². The van der Waals surface area contributed by atoms with Crippen molar-refractivity contribution >= 4 is 17.5 Å². The zero-order chi connectivity index (χ0) is 19.2. The number of fused-ring (bicyclic) bond motifs is 1. The number of nitrogens with two attached hydrogens (primary N) is 1. The van der Waals surface area contributed by atoms with Crippen molar-refractivity contribution in [2.24, 2.45) is 17.1 Å². The van der Waals surface area contributed by atoms with Gasteiger partial charge in [-0.05, 0) is 36.5 Å². The first-order valence-corrected chi connectivity index (χ1v) is 9.40. The lowest BCUT2D eigenvalue weighted by Gasteiger charge is -2.57. The number of hydrogen-bond donors (Lipinski definition) is 2. The van der Waals surface area contributed by atoms with Crippen LogP contribution in [0.5, 0.6) is 0 Å². The monoisotopic (exact) mass is 372 g/mol. The van der Waals surface area contributed by atoms with Crippen molar-refractivity contribution in [3.8, 4) is 0 Å². The number of carbonyl (C=O) groups excluding carboxylic acids is 3. The molecular weight excluding hydrogens is 348 g/mol. The van der Waals surface area contributed by atoms with Gasteiger partial charge in [-0.15, -0.1) is 5.06 Å². The molecule has 2 saturated carbocycles. The maximum Gasteiger partial charge on any atom is 0.341 e. The standard InChI is InChI=1S/C19H24N4O4/c1-12-3-2-6-18(15(24)16(25)19(12,18)20)17(26)27-23-10-9-22-11-14(23)13-4-7-21-8-5-13/h4-5,7-8,12,14,22H,2-3,6,9-11,20H2,1H3. The summed E-state index contributed by atoms with van der Waals surface area (Å²) in [5, 5.41) is 4.88. The third-order valence-corrected chi connectivity index (χ3v) is 6.48. The minimum Gasteiger partial charge on any atom is -0.366 e. The molecule has 1 aliphatic heterocycles. The summed E-state index contributed by atoms with van der Waals surface area (Å²) >= 11 is 0. The Kier molecular flexibility index (Phi) is 4.37. The number of nitrogens with zero attached hydrogens (tertiary/aromatic N) is 2. The number of hydrogen-bond acceptors (Lipinski definition) is 8. The third kappa shape index (κ3) is 2.40. The Morgan fingerprint density at radius 2 is 2.07 bits per heavy atom. The second-order valence-corrected chi connectivity index (χ2v) is 7.75. The summed E-state index contributed by atoms with van der Waals surface area (Å²) in [5.41, 5.74) is 4.32. The molecule has 4 unspecified atom stereocenters. The molecule has 4 rings (SSSR count). The van der Waals surface area contributed by atoms with E-state index in [1.54, 1.807) is 17.5 Å². The minimum atomic E-state index is -1.55. The first-order valence-electron chi connectivity index (χ1n) is 9.40. The SMILES string of the molecule is CC1CCCC2(C(=O)ON3CCNCC3c3ccncc3)C(=O)C(=O)C12N. The van der Waals surface area contributed by atoms with E-state index in [0.717, 1.165) is 12.0 Å². The molecule has 4 atom stereocenters. The normalized spacial score (nSPS) is 36.7. The molecule has 0 aromatic carbocycles. The smallest absolute Gasteiger partial charge is 0.341 e. The van der Waals surface area contributed by atoms with Gasteiger partial charge in [0.15, 0.2) is 5.41 Å². The third-order valence-electron chi connectivity index (χ3n) is 6.48. The minimum absolute atomic E-state index is 0.193. The van der Waals surface area contributed by atoms with E-state index in [0.29, 0.717) is 26.1 Å². The average molecular weight is 372 g/mol. The van der Waals surface area contributed by atoms with Gasteiger partial charge in [0.25, 0.3) is 0 Å². The zero-order valence-electron chi connectivity index (χ0n) is 15.3. The van der Waals surface area contributed by atoms with Crippen LogP contribution < -0.4 is 11.1 Å². The van der Waals surface area contributed by atoms with Gasteiger partial charge < -0.3 is 15.9 Å². The van der Waals surface area contributed by atoms with Crippen LogP contribution in [-0.4, -0.2) is 52.8 Å². The van der Waals surface area contributed by atoms with Gasteiger partial charge in [0.2, 0.25) is 11.6 Å². The average Bonchev–Trinajstić information content (AvgIpc) is 2.70. The van der Waals surface area contributed by atoms with Crippen LogP contribution in [0.2, 0.25) is 0 Å². The summed E-state index contributed by atoms with van der Waals surface area (Å²) in [5.74, 6) is -2.26. The summed E-state index contributed by atoms with van der Waals surface area (Å²) in [7, 11) is 0. The number of rotatable bonds is 3. The van der Waals surface area contributed by atoms with Gasteiger partial charge in [-0.3, -0.25) is 14.6 Å². The number of piperazine rings is 1. The predicted molar refractivity (Wildman–Crippen MR) is 95.0 cm³/mol. The van der Waals surface area contributed by atoms with Crippen molar-refractivity contribution in [1.29, 1.82) is 0 Å². The van der Waals surface area contributed by atoms with Gasteiger partial charge in [0, 0.05) is 32.0 Å². The van der Waals surface area contributed by atoms with Crippen LogP contribution in [0, 0.1) is 11.3 Å². The molecule has 27 heavy (non-hydrogen) atoms. The number of nitrogens with one attached hydrogen (secondary N) is 1. The highest BCUT2D eigenvalue weighted by Gasteiger charge is 2.78. The Bertz CT molecular complexity index is 785. The Hall–Kier alpha value is -2.16. The Morgan fingerprint density at radius 1 is 1.33 bits per heavy atom. The number of Topliss-reactive ketones (excluding diaryl/α,β-unsaturated/α-hetero) is 2. The molecule has 8 heteroatoms. The molecule has 0 spiro atoms. The topological polar surface area (TPSA) is 115 Å². The number of ketones is 2. The maximum atomic E-state index is 13.2. The first kappa shape index (κ1) is 18.2. The molecule has 3 N–H and O–H groups in total. The highest BCUT2D eigenvalue weighted by atomic mass is 16.7. The molecule has 2 aliphatic carbocycles. The summed E-state index contributed by atoms with van der Waals surface area (Å²) in [6.07, 6.45) is 5.03. The molecule has 1 aromatic rings.